The highest BCUT2D eigenvalue weighted by atomic mass is 31.3. The van der Waals surface area contributed by atoms with Crippen LogP contribution in [0.3, 0.4) is 0 Å². The van der Waals surface area contributed by atoms with Gasteiger partial charge in [-0.3, -0.25) is 13.6 Å². The molecular weight excluding hydrogens is 721 g/mol. The van der Waals surface area contributed by atoms with Crippen LogP contribution in [0.25, 0.3) is 11.2 Å². The van der Waals surface area contributed by atoms with Crippen LogP contribution in [-0.4, -0.2) is 88.5 Å². The van der Waals surface area contributed by atoms with Gasteiger partial charge in [0, 0.05) is 6.04 Å². The largest absolute Gasteiger partial charge is 0.490 e. The first-order chi connectivity index (χ1) is 23.8. The number of imidazole rings is 1. The smallest absolute Gasteiger partial charge is 0.387 e. The molecular formula is C28H51N6O13P3. The molecule has 5 unspecified atom stereocenters. The van der Waals surface area contributed by atoms with Crippen LogP contribution < -0.4 is 11.1 Å². The fourth-order valence-electron chi connectivity index (χ4n) is 6.08. The first-order valence-corrected chi connectivity index (χ1v) is 21.6. The van der Waals surface area contributed by atoms with E-state index in [0.29, 0.717) is 18.9 Å². The number of rotatable bonds is 17. The third kappa shape index (κ3) is 13.2. The predicted molar refractivity (Wildman–Crippen MR) is 180 cm³/mol. The van der Waals surface area contributed by atoms with E-state index in [1.807, 2.05) is 0 Å². The standard InChI is InChI=1S/C28H51N6O13P3/c29-26-23-27(32-19-31-26)34(20-33-23)28-25(36)24(35)22(45-28)18-44-49(39,40)47-50(41,42)46-48(37,38)43-17-13-9-8-12-16-30-21-14-10-6-4-2-1-3-5-7-11-15-21/h19-22,24-25,28,30,35-36H,1-18H2,(H,37,38)(H,39,40)(H,41,42)(H2,29,31,32)/t22-,24?,25?,28-/m1/s1. The number of fused-ring (bicyclic) bond motifs is 1. The number of phosphoric acid groups is 3. The lowest BCUT2D eigenvalue weighted by molar-refractivity contribution is -0.0503. The quantitative estimate of drug-likeness (QED) is 0.0875. The summed E-state index contributed by atoms with van der Waals surface area (Å²) in [7, 11) is -16.3. The summed E-state index contributed by atoms with van der Waals surface area (Å²) in [5.41, 5.74) is 6.14. The summed E-state index contributed by atoms with van der Waals surface area (Å²) in [5.74, 6) is 0.0583. The lowest BCUT2D eigenvalue weighted by atomic mass is 9.98. The molecule has 1 aliphatic heterocycles. The average molecular weight is 773 g/mol. The number of hydrogen-bond acceptors (Lipinski definition) is 15. The average Bonchev–Trinajstić information content (AvgIpc) is 3.58. The number of aromatic nitrogens is 4. The van der Waals surface area contributed by atoms with Gasteiger partial charge in [-0.15, -0.1) is 0 Å². The van der Waals surface area contributed by atoms with Crippen molar-refractivity contribution < 1.29 is 61.0 Å². The van der Waals surface area contributed by atoms with Crippen molar-refractivity contribution in [3.63, 3.8) is 0 Å². The van der Waals surface area contributed by atoms with E-state index in [0.717, 1.165) is 25.7 Å². The monoisotopic (exact) mass is 772 g/mol. The van der Waals surface area contributed by atoms with E-state index >= 15 is 0 Å². The molecule has 0 radical (unpaired) electrons. The highest BCUT2D eigenvalue weighted by Gasteiger charge is 2.47. The van der Waals surface area contributed by atoms with Gasteiger partial charge >= 0.3 is 23.5 Å². The van der Waals surface area contributed by atoms with Crippen LogP contribution in [0.5, 0.6) is 0 Å². The number of nitrogens with zero attached hydrogens (tertiary/aromatic N) is 4. The molecule has 1 aliphatic carbocycles. The Morgan fingerprint density at radius 2 is 1.40 bits per heavy atom. The van der Waals surface area contributed by atoms with E-state index in [1.54, 1.807) is 0 Å². The second-order valence-electron chi connectivity index (χ2n) is 12.7. The normalized spacial score (nSPS) is 26.8. The van der Waals surface area contributed by atoms with Crippen LogP contribution >= 0.6 is 23.5 Å². The van der Waals surface area contributed by atoms with Crippen LogP contribution in [0, 0.1) is 0 Å². The van der Waals surface area contributed by atoms with Gasteiger partial charge in [0.05, 0.1) is 19.5 Å². The molecule has 22 heteroatoms. The number of nitrogens with one attached hydrogen (secondary N) is 1. The molecule has 50 heavy (non-hydrogen) atoms. The Balaban J connectivity index is 1.12. The molecule has 19 nitrogen and oxygen atoms in total. The summed E-state index contributed by atoms with van der Waals surface area (Å²) in [5, 5.41) is 24.6. The summed E-state index contributed by atoms with van der Waals surface area (Å²) in [6.07, 6.45) is 13.3. The van der Waals surface area contributed by atoms with Gasteiger partial charge in [0.25, 0.3) is 0 Å². The van der Waals surface area contributed by atoms with Gasteiger partial charge in [-0.1, -0.05) is 70.6 Å². The number of aliphatic hydroxyl groups is 2. The maximum Gasteiger partial charge on any atom is 0.490 e. The Labute approximate surface area is 291 Å². The highest BCUT2D eigenvalue weighted by Crippen LogP contribution is 2.67. The van der Waals surface area contributed by atoms with Crippen LogP contribution in [0.2, 0.25) is 0 Å². The molecule has 2 aromatic heterocycles. The first kappa shape index (κ1) is 41.4. The zero-order valence-corrected chi connectivity index (χ0v) is 30.7. The van der Waals surface area contributed by atoms with Crippen molar-refractivity contribution in [2.75, 3.05) is 25.5 Å². The number of nitrogens with two attached hydrogens (primary N) is 1. The topological polar surface area (TPSA) is 280 Å². The van der Waals surface area contributed by atoms with Crippen molar-refractivity contribution in [3.05, 3.63) is 12.7 Å². The molecule has 0 spiro atoms. The van der Waals surface area contributed by atoms with E-state index < -0.39 is 54.6 Å². The molecule has 2 aromatic rings. The third-order valence-corrected chi connectivity index (χ3v) is 13.0. The fraction of sp³-hybridized carbons (Fsp3) is 0.821. The maximum atomic E-state index is 12.4. The second kappa shape index (κ2) is 19.6. The van der Waals surface area contributed by atoms with Crippen LogP contribution in [-0.2, 0) is 36.1 Å². The number of ether oxygens (including phenoxy) is 1. The molecule has 0 amide bonds. The Morgan fingerprint density at radius 1 is 0.800 bits per heavy atom. The van der Waals surface area contributed by atoms with Crippen molar-refractivity contribution in [3.8, 4) is 0 Å². The van der Waals surface area contributed by atoms with Crippen LogP contribution in [0.1, 0.15) is 103 Å². The zero-order valence-electron chi connectivity index (χ0n) is 28.0. The van der Waals surface area contributed by atoms with E-state index in [2.05, 4.69) is 33.4 Å². The molecule has 7 atom stereocenters. The van der Waals surface area contributed by atoms with Gasteiger partial charge in [0.15, 0.2) is 17.7 Å². The first-order valence-electron chi connectivity index (χ1n) is 17.1. The van der Waals surface area contributed by atoms with Gasteiger partial charge in [-0.25, -0.2) is 28.6 Å². The Morgan fingerprint density at radius 3 is 2.06 bits per heavy atom. The number of aliphatic hydroxyl groups excluding tert-OH is 2. The number of unbranched alkanes of at least 4 members (excludes halogenated alkanes) is 3. The van der Waals surface area contributed by atoms with Crippen molar-refractivity contribution in [1.82, 2.24) is 24.8 Å². The molecule has 0 aromatic carbocycles. The SMILES string of the molecule is Nc1ncnc2c1ncn2[C@@H]1O[C@H](COP(=O)(O)OP(=O)(O)OP(=O)(O)OCCCCCCNC2CCCCCCCCCCC2)C(O)C1O. The molecule has 4 rings (SSSR count). The molecule has 3 heterocycles. The lowest BCUT2D eigenvalue weighted by Gasteiger charge is -2.20. The summed E-state index contributed by atoms with van der Waals surface area (Å²) < 4.78 is 61.4. The zero-order chi connectivity index (χ0) is 36.2. The van der Waals surface area contributed by atoms with Crippen molar-refractivity contribution in [2.24, 2.45) is 0 Å². The predicted octanol–water partition coefficient (Wildman–Crippen LogP) is 4.22. The summed E-state index contributed by atoms with van der Waals surface area (Å²) in [6, 6.07) is 0.527. The minimum atomic E-state index is -5.68. The van der Waals surface area contributed by atoms with E-state index in [4.69, 9.17) is 15.0 Å². The van der Waals surface area contributed by atoms with Crippen molar-refractivity contribution in [2.45, 2.75) is 127 Å². The fourth-order valence-corrected chi connectivity index (χ4v) is 9.62. The molecule has 0 bridgehead atoms. The molecule has 2 aliphatic rings. The van der Waals surface area contributed by atoms with Crippen LogP contribution in [0.15, 0.2) is 12.7 Å². The van der Waals surface area contributed by atoms with Gasteiger partial charge in [-0.05, 0) is 32.2 Å². The Kier molecular flexibility index (Phi) is 16.2. The molecule has 286 valence electrons. The maximum absolute atomic E-state index is 12.4. The number of phosphoric ester groups is 2. The van der Waals surface area contributed by atoms with Gasteiger partial charge < -0.3 is 40.7 Å². The summed E-state index contributed by atoms with van der Waals surface area (Å²) >= 11 is 0. The number of anilines is 1. The van der Waals surface area contributed by atoms with Gasteiger partial charge in [0.2, 0.25) is 0 Å². The van der Waals surface area contributed by atoms with Gasteiger partial charge in [0.1, 0.15) is 30.2 Å². The van der Waals surface area contributed by atoms with Crippen molar-refractivity contribution >= 4 is 40.4 Å². The second-order valence-corrected chi connectivity index (χ2v) is 17.3. The third-order valence-electron chi connectivity index (χ3n) is 8.68. The Hall–Kier alpha value is -1.40. The highest BCUT2D eigenvalue weighted by molar-refractivity contribution is 7.66. The minimum Gasteiger partial charge on any atom is -0.387 e. The van der Waals surface area contributed by atoms with Gasteiger partial charge in [-0.2, -0.15) is 8.62 Å². The molecule has 8 N–H and O–H groups in total. The van der Waals surface area contributed by atoms with Crippen molar-refractivity contribution in [1.29, 1.82) is 0 Å². The molecule has 1 saturated heterocycles. The Bertz CT molecular complexity index is 1480. The molecule has 1 saturated carbocycles. The van der Waals surface area contributed by atoms with E-state index in [1.165, 1.54) is 81.5 Å². The number of nitrogen functional groups attached to an aromatic ring is 1. The number of hydrogen-bond donors (Lipinski definition) is 7. The van der Waals surface area contributed by atoms with Crippen LogP contribution in [0.4, 0.5) is 5.82 Å². The lowest BCUT2D eigenvalue weighted by Crippen LogP contribution is -2.33. The van der Waals surface area contributed by atoms with E-state index in [9.17, 15) is 38.6 Å². The molecule has 2 fully saturated rings. The van der Waals surface area contributed by atoms with E-state index in [-0.39, 0.29) is 23.6 Å². The minimum absolute atomic E-state index is 0.0583. The summed E-state index contributed by atoms with van der Waals surface area (Å²) in [6.45, 7) is -0.320. The summed E-state index contributed by atoms with van der Waals surface area (Å²) in [4.78, 5) is 41.6.